The van der Waals surface area contributed by atoms with Crippen molar-refractivity contribution in [3.63, 3.8) is 0 Å². The van der Waals surface area contributed by atoms with Gasteiger partial charge in [0.25, 0.3) is 0 Å². The summed E-state index contributed by atoms with van der Waals surface area (Å²) in [6.07, 6.45) is 4.62. The predicted octanol–water partition coefficient (Wildman–Crippen LogP) is 1.80. The van der Waals surface area contributed by atoms with Crippen LogP contribution in [0.1, 0.15) is 5.56 Å². The van der Waals surface area contributed by atoms with Crippen molar-refractivity contribution in [1.82, 2.24) is 9.71 Å². The Bertz CT molecular complexity index is 624. The van der Waals surface area contributed by atoms with Crippen LogP contribution in [0.25, 0.3) is 11.1 Å². The highest BCUT2D eigenvalue weighted by Crippen LogP contribution is 2.22. The van der Waals surface area contributed by atoms with E-state index in [0.29, 0.717) is 0 Å². The molecule has 18 heavy (non-hydrogen) atoms. The standard InChI is InChI=1S/C13H14N2O2S/c1-18(16,17)15-10-12-5-2-3-7-13(12)11-6-4-8-14-9-11/h2-9,15H,10H2,1H3. The summed E-state index contributed by atoms with van der Waals surface area (Å²) in [7, 11) is -3.19. The van der Waals surface area contributed by atoms with Crippen molar-refractivity contribution >= 4 is 10.0 Å². The Kier molecular flexibility index (Phi) is 3.74. The van der Waals surface area contributed by atoms with Crippen LogP contribution in [-0.4, -0.2) is 19.7 Å². The van der Waals surface area contributed by atoms with Gasteiger partial charge in [-0.25, -0.2) is 13.1 Å². The highest BCUT2D eigenvalue weighted by Gasteiger charge is 2.06. The third-order valence-electron chi connectivity index (χ3n) is 2.51. The van der Waals surface area contributed by atoms with Crippen LogP contribution in [0, 0.1) is 0 Å². The number of hydrogen-bond donors (Lipinski definition) is 1. The molecule has 0 spiro atoms. The van der Waals surface area contributed by atoms with E-state index in [2.05, 4.69) is 9.71 Å². The van der Waals surface area contributed by atoms with Crippen molar-refractivity contribution in [2.75, 3.05) is 6.26 Å². The quantitative estimate of drug-likeness (QED) is 0.914. The van der Waals surface area contributed by atoms with Crippen LogP contribution in [0.2, 0.25) is 0 Å². The van der Waals surface area contributed by atoms with Crippen molar-refractivity contribution in [3.05, 3.63) is 54.4 Å². The predicted molar refractivity (Wildman–Crippen MR) is 71.4 cm³/mol. The molecule has 4 nitrogen and oxygen atoms in total. The van der Waals surface area contributed by atoms with Crippen LogP contribution in [0.4, 0.5) is 0 Å². The van der Waals surface area contributed by atoms with Gasteiger partial charge in [-0.05, 0) is 17.2 Å². The number of nitrogens with one attached hydrogen (secondary N) is 1. The summed E-state index contributed by atoms with van der Waals surface area (Å²) >= 11 is 0. The van der Waals surface area contributed by atoms with Gasteiger partial charge in [0, 0.05) is 24.5 Å². The van der Waals surface area contributed by atoms with Crippen LogP contribution in [-0.2, 0) is 16.6 Å². The van der Waals surface area contributed by atoms with Gasteiger partial charge in [-0.2, -0.15) is 0 Å². The lowest BCUT2D eigenvalue weighted by atomic mass is 10.0. The van der Waals surface area contributed by atoms with Gasteiger partial charge in [-0.1, -0.05) is 30.3 Å². The summed E-state index contributed by atoms with van der Waals surface area (Å²) in [6.45, 7) is 0.282. The first-order valence-electron chi connectivity index (χ1n) is 5.49. The molecule has 1 heterocycles. The molecule has 0 radical (unpaired) electrons. The highest BCUT2D eigenvalue weighted by molar-refractivity contribution is 7.88. The van der Waals surface area contributed by atoms with Crippen molar-refractivity contribution < 1.29 is 8.42 Å². The molecule has 0 bridgehead atoms. The first-order valence-corrected chi connectivity index (χ1v) is 7.38. The first-order chi connectivity index (χ1) is 8.56. The van der Waals surface area contributed by atoms with E-state index in [-0.39, 0.29) is 6.54 Å². The van der Waals surface area contributed by atoms with E-state index in [4.69, 9.17) is 0 Å². The number of nitrogens with zero attached hydrogens (tertiary/aromatic N) is 1. The molecule has 1 aromatic heterocycles. The Labute approximate surface area is 107 Å². The fraction of sp³-hybridized carbons (Fsp3) is 0.154. The molecule has 0 saturated heterocycles. The van der Waals surface area contributed by atoms with E-state index >= 15 is 0 Å². The summed E-state index contributed by atoms with van der Waals surface area (Å²) < 4.78 is 24.8. The van der Waals surface area contributed by atoms with Gasteiger partial charge in [0.2, 0.25) is 10.0 Å². The highest BCUT2D eigenvalue weighted by atomic mass is 32.2. The summed E-state index contributed by atoms with van der Waals surface area (Å²) in [5.74, 6) is 0. The molecule has 5 heteroatoms. The molecular formula is C13H14N2O2S. The summed E-state index contributed by atoms with van der Waals surface area (Å²) in [6, 6.07) is 11.5. The number of benzene rings is 1. The number of sulfonamides is 1. The van der Waals surface area contributed by atoms with Gasteiger partial charge in [0.1, 0.15) is 0 Å². The molecule has 2 aromatic rings. The maximum Gasteiger partial charge on any atom is 0.209 e. The van der Waals surface area contributed by atoms with E-state index in [0.717, 1.165) is 22.9 Å². The van der Waals surface area contributed by atoms with Crippen molar-refractivity contribution in [2.24, 2.45) is 0 Å². The second kappa shape index (κ2) is 5.29. The maximum atomic E-state index is 11.1. The van der Waals surface area contributed by atoms with Gasteiger partial charge in [0.05, 0.1) is 6.26 Å². The van der Waals surface area contributed by atoms with Crippen molar-refractivity contribution in [2.45, 2.75) is 6.54 Å². The largest absolute Gasteiger partial charge is 0.264 e. The minimum Gasteiger partial charge on any atom is -0.264 e. The zero-order valence-electron chi connectivity index (χ0n) is 10.00. The molecule has 0 saturated carbocycles. The van der Waals surface area contributed by atoms with Gasteiger partial charge >= 0.3 is 0 Å². The normalized spacial score (nSPS) is 11.4. The van der Waals surface area contributed by atoms with Crippen LogP contribution < -0.4 is 4.72 Å². The molecule has 1 aromatic carbocycles. The molecule has 0 aliphatic heterocycles. The number of pyridine rings is 1. The SMILES string of the molecule is CS(=O)(=O)NCc1ccccc1-c1cccnc1. The minimum absolute atomic E-state index is 0.282. The maximum absolute atomic E-state index is 11.1. The minimum atomic E-state index is -3.19. The Morgan fingerprint density at radius 2 is 1.94 bits per heavy atom. The third-order valence-corrected chi connectivity index (χ3v) is 3.18. The second-order valence-electron chi connectivity index (χ2n) is 3.99. The van der Waals surface area contributed by atoms with Crippen LogP contribution >= 0.6 is 0 Å². The molecule has 0 aliphatic rings. The molecule has 2 rings (SSSR count). The van der Waals surface area contributed by atoms with E-state index in [1.54, 1.807) is 12.4 Å². The molecule has 0 amide bonds. The summed E-state index contributed by atoms with van der Waals surface area (Å²) in [4.78, 5) is 4.07. The zero-order valence-corrected chi connectivity index (χ0v) is 10.8. The van der Waals surface area contributed by atoms with Gasteiger partial charge in [-0.3, -0.25) is 4.98 Å². The van der Waals surface area contributed by atoms with E-state index in [1.165, 1.54) is 0 Å². The van der Waals surface area contributed by atoms with Gasteiger partial charge in [0.15, 0.2) is 0 Å². The molecule has 1 N–H and O–H groups in total. The van der Waals surface area contributed by atoms with E-state index in [9.17, 15) is 8.42 Å². The third kappa shape index (κ3) is 3.38. The number of hydrogen-bond acceptors (Lipinski definition) is 3. The monoisotopic (exact) mass is 262 g/mol. The molecule has 94 valence electrons. The number of rotatable bonds is 4. The topological polar surface area (TPSA) is 59.1 Å². The Hall–Kier alpha value is -1.72. The number of aromatic nitrogens is 1. The lowest BCUT2D eigenvalue weighted by Gasteiger charge is -2.09. The van der Waals surface area contributed by atoms with Gasteiger partial charge in [-0.15, -0.1) is 0 Å². The molecule has 0 unspecified atom stereocenters. The van der Waals surface area contributed by atoms with E-state index < -0.39 is 10.0 Å². The average Bonchev–Trinajstić information content (AvgIpc) is 2.37. The average molecular weight is 262 g/mol. The van der Waals surface area contributed by atoms with Crippen molar-refractivity contribution in [1.29, 1.82) is 0 Å². The Morgan fingerprint density at radius 3 is 2.61 bits per heavy atom. The van der Waals surface area contributed by atoms with E-state index in [1.807, 2.05) is 36.4 Å². The molecule has 0 atom stereocenters. The van der Waals surface area contributed by atoms with Gasteiger partial charge < -0.3 is 0 Å². The molecular weight excluding hydrogens is 248 g/mol. The Balaban J connectivity index is 2.32. The summed E-state index contributed by atoms with van der Waals surface area (Å²) in [5, 5.41) is 0. The zero-order chi connectivity index (χ0) is 13.0. The lowest BCUT2D eigenvalue weighted by Crippen LogP contribution is -2.21. The van der Waals surface area contributed by atoms with Crippen LogP contribution in [0.3, 0.4) is 0 Å². The second-order valence-corrected chi connectivity index (χ2v) is 5.83. The van der Waals surface area contributed by atoms with Crippen LogP contribution in [0.15, 0.2) is 48.8 Å². The fourth-order valence-corrected chi connectivity index (χ4v) is 2.10. The summed E-state index contributed by atoms with van der Waals surface area (Å²) in [5.41, 5.74) is 2.89. The molecule has 0 aliphatic carbocycles. The first kappa shape index (κ1) is 12.7. The van der Waals surface area contributed by atoms with Crippen molar-refractivity contribution in [3.8, 4) is 11.1 Å². The molecule has 0 fully saturated rings. The fourth-order valence-electron chi connectivity index (χ4n) is 1.69. The Morgan fingerprint density at radius 1 is 1.17 bits per heavy atom. The lowest BCUT2D eigenvalue weighted by molar-refractivity contribution is 0.587. The smallest absolute Gasteiger partial charge is 0.209 e. The van der Waals surface area contributed by atoms with Crippen LogP contribution in [0.5, 0.6) is 0 Å².